The number of amides is 1. The molecule has 0 aliphatic carbocycles. The van der Waals surface area contributed by atoms with Crippen molar-refractivity contribution in [3.8, 4) is 0 Å². The molecule has 1 heterocycles. The Bertz CT molecular complexity index is 497. The molecule has 0 bridgehead atoms. The summed E-state index contributed by atoms with van der Waals surface area (Å²) in [7, 11) is 5.05. The SMILES string of the molecule is COCCNC(=NCc1c(C)noc1C)NCC(=O)N(C)C.I. The number of nitrogens with zero attached hydrogens (tertiary/aromatic N) is 3. The summed E-state index contributed by atoms with van der Waals surface area (Å²) in [6.07, 6.45) is 0. The number of likely N-dealkylation sites (N-methyl/N-ethyl adjacent to an activating group) is 1. The molecule has 0 aliphatic heterocycles. The molecule has 1 aromatic rings. The topological polar surface area (TPSA) is 92.0 Å². The number of aromatic nitrogens is 1. The lowest BCUT2D eigenvalue weighted by molar-refractivity contribution is -0.127. The summed E-state index contributed by atoms with van der Waals surface area (Å²) >= 11 is 0. The molecule has 1 aromatic heterocycles. The fourth-order valence-corrected chi connectivity index (χ4v) is 1.65. The van der Waals surface area contributed by atoms with Gasteiger partial charge in [-0.1, -0.05) is 5.16 Å². The smallest absolute Gasteiger partial charge is 0.241 e. The number of methoxy groups -OCH3 is 1. The first-order chi connectivity index (χ1) is 10.5. The van der Waals surface area contributed by atoms with Gasteiger partial charge in [0.1, 0.15) is 5.76 Å². The zero-order valence-corrected chi connectivity index (χ0v) is 16.6. The van der Waals surface area contributed by atoms with Gasteiger partial charge in [-0.15, -0.1) is 24.0 Å². The van der Waals surface area contributed by atoms with Crippen molar-refractivity contribution in [3.05, 3.63) is 17.0 Å². The second-order valence-corrected chi connectivity index (χ2v) is 5.03. The first-order valence-corrected chi connectivity index (χ1v) is 7.08. The molecule has 23 heavy (non-hydrogen) atoms. The van der Waals surface area contributed by atoms with Crippen molar-refractivity contribution >= 4 is 35.8 Å². The van der Waals surface area contributed by atoms with Crippen LogP contribution in [0.15, 0.2) is 9.52 Å². The number of carbonyl (C=O) groups excluding carboxylic acids is 1. The largest absolute Gasteiger partial charge is 0.383 e. The van der Waals surface area contributed by atoms with Gasteiger partial charge in [0, 0.05) is 33.3 Å². The molecule has 0 saturated heterocycles. The molecule has 0 radical (unpaired) electrons. The van der Waals surface area contributed by atoms with Crippen LogP contribution in [0.4, 0.5) is 0 Å². The number of rotatable bonds is 7. The zero-order chi connectivity index (χ0) is 16.5. The number of halogens is 1. The van der Waals surface area contributed by atoms with Gasteiger partial charge in [0.25, 0.3) is 0 Å². The summed E-state index contributed by atoms with van der Waals surface area (Å²) in [6.45, 7) is 5.48. The van der Waals surface area contributed by atoms with Crippen LogP contribution in [-0.4, -0.2) is 62.8 Å². The number of carbonyl (C=O) groups is 1. The number of aliphatic imine (C=N–C) groups is 1. The van der Waals surface area contributed by atoms with E-state index in [9.17, 15) is 4.79 Å². The maximum atomic E-state index is 11.6. The zero-order valence-electron chi connectivity index (χ0n) is 14.3. The quantitative estimate of drug-likeness (QED) is 0.281. The lowest BCUT2D eigenvalue weighted by Crippen LogP contribution is -2.43. The first-order valence-electron chi connectivity index (χ1n) is 7.08. The van der Waals surface area contributed by atoms with Gasteiger partial charge in [0.2, 0.25) is 5.91 Å². The standard InChI is InChI=1S/C14H25N5O3.HI/c1-10-12(11(2)22-18-10)8-16-14(15-6-7-21-5)17-9-13(20)19(3)4;/h6-9H2,1-5H3,(H2,15,16,17);1H. The fraction of sp³-hybridized carbons (Fsp3) is 0.643. The number of nitrogens with one attached hydrogen (secondary N) is 2. The summed E-state index contributed by atoms with van der Waals surface area (Å²) in [5.74, 6) is 1.27. The number of guanidine groups is 1. The van der Waals surface area contributed by atoms with E-state index in [2.05, 4.69) is 20.8 Å². The molecule has 9 heteroatoms. The van der Waals surface area contributed by atoms with Gasteiger partial charge in [-0.3, -0.25) is 4.79 Å². The molecule has 0 atom stereocenters. The highest BCUT2D eigenvalue weighted by molar-refractivity contribution is 14.0. The van der Waals surface area contributed by atoms with Crippen molar-refractivity contribution in [2.75, 3.05) is 40.9 Å². The Kier molecular flexibility index (Phi) is 10.6. The lowest BCUT2D eigenvalue weighted by Gasteiger charge is -2.14. The summed E-state index contributed by atoms with van der Waals surface area (Å²) in [5, 5.41) is 10.0. The third kappa shape index (κ3) is 7.64. The summed E-state index contributed by atoms with van der Waals surface area (Å²) in [5.41, 5.74) is 1.77. The van der Waals surface area contributed by atoms with Crippen LogP contribution in [0.5, 0.6) is 0 Å². The molecule has 0 aromatic carbocycles. The van der Waals surface area contributed by atoms with Crippen molar-refractivity contribution in [1.82, 2.24) is 20.7 Å². The number of hydrogen-bond acceptors (Lipinski definition) is 5. The monoisotopic (exact) mass is 439 g/mol. The van der Waals surface area contributed by atoms with E-state index in [1.807, 2.05) is 13.8 Å². The van der Waals surface area contributed by atoms with Crippen LogP contribution in [0.1, 0.15) is 17.0 Å². The van der Waals surface area contributed by atoms with Gasteiger partial charge in [-0.2, -0.15) is 0 Å². The molecule has 132 valence electrons. The highest BCUT2D eigenvalue weighted by Gasteiger charge is 2.09. The molecule has 0 unspecified atom stereocenters. The predicted molar refractivity (Wildman–Crippen MR) is 99.1 cm³/mol. The summed E-state index contributed by atoms with van der Waals surface area (Å²) in [6, 6.07) is 0. The Morgan fingerprint density at radius 1 is 1.35 bits per heavy atom. The van der Waals surface area contributed by atoms with E-state index in [4.69, 9.17) is 9.26 Å². The van der Waals surface area contributed by atoms with Gasteiger partial charge in [0.15, 0.2) is 5.96 Å². The van der Waals surface area contributed by atoms with E-state index in [-0.39, 0.29) is 36.4 Å². The van der Waals surface area contributed by atoms with Gasteiger partial charge in [-0.25, -0.2) is 4.99 Å². The molecule has 0 spiro atoms. The van der Waals surface area contributed by atoms with Crippen LogP contribution >= 0.6 is 24.0 Å². The maximum Gasteiger partial charge on any atom is 0.241 e. The van der Waals surface area contributed by atoms with Crippen LogP contribution < -0.4 is 10.6 Å². The Morgan fingerprint density at radius 2 is 2.04 bits per heavy atom. The third-order valence-electron chi connectivity index (χ3n) is 3.08. The minimum absolute atomic E-state index is 0. The van der Waals surface area contributed by atoms with E-state index in [1.54, 1.807) is 21.2 Å². The second-order valence-electron chi connectivity index (χ2n) is 5.03. The average molecular weight is 439 g/mol. The van der Waals surface area contributed by atoms with Crippen LogP contribution in [0.2, 0.25) is 0 Å². The van der Waals surface area contributed by atoms with Gasteiger partial charge in [0.05, 0.1) is 25.4 Å². The third-order valence-corrected chi connectivity index (χ3v) is 3.08. The number of ether oxygens (including phenoxy) is 1. The van der Waals surface area contributed by atoms with Crippen molar-refractivity contribution in [2.24, 2.45) is 4.99 Å². The summed E-state index contributed by atoms with van der Waals surface area (Å²) in [4.78, 5) is 17.6. The first kappa shape index (κ1) is 21.6. The predicted octanol–water partition coefficient (Wildman–Crippen LogP) is 0.679. The number of hydrogen-bond donors (Lipinski definition) is 2. The molecule has 8 nitrogen and oxygen atoms in total. The van der Waals surface area contributed by atoms with Crippen molar-refractivity contribution in [3.63, 3.8) is 0 Å². The van der Waals surface area contributed by atoms with Crippen molar-refractivity contribution in [2.45, 2.75) is 20.4 Å². The second kappa shape index (κ2) is 11.2. The normalized spacial score (nSPS) is 10.9. The van der Waals surface area contributed by atoms with E-state index in [1.165, 1.54) is 4.90 Å². The van der Waals surface area contributed by atoms with E-state index in [0.29, 0.717) is 25.7 Å². The van der Waals surface area contributed by atoms with Gasteiger partial charge < -0.3 is 24.8 Å². The Balaban J connectivity index is 0.00000484. The summed E-state index contributed by atoms with van der Waals surface area (Å²) < 4.78 is 10.1. The molecular weight excluding hydrogens is 413 g/mol. The minimum atomic E-state index is -0.0291. The molecule has 1 rings (SSSR count). The number of aryl methyl sites for hydroxylation is 2. The molecule has 2 N–H and O–H groups in total. The Morgan fingerprint density at radius 3 is 2.57 bits per heavy atom. The average Bonchev–Trinajstić information content (AvgIpc) is 2.80. The van der Waals surface area contributed by atoms with E-state index >= 15 is 0 Å². The molecule has 1 amide bonds. The van der Waals surface area contributed by atoms with Crippen LogP contribution in [-0.2, 0) is 16.1 Å². The van der Waals surface area contributed by atoms with Crippen molar-refractivity contribution in [1.29, 1.82) is 0 Å². The van der Waals surface area contributed by atoms with Gasteiger partial charge in [-0.05, 0) is 13.8 Å². The lowest BCUT2D eigenvalue weighted by atomic mass is 10.2. The van der Waals surface area contributed by atoms with Crippen LogP contribution in [0, 0.1) is 13.8 Å². The molecule has 0 fully saturated rings. The fourth-order valence-electron chi connectivity index (χ4n) is 1.65. The van der Waals surface area contributed by atoms with E-state index in [0.717, 1.165) is 17.0 Å². The highest BCUT2D eigenvalue weighted by atomic mass is 127. The minimum Gasteiger partial charge on any atom is -0.383 e. The van der Waals surface area contributed by atoms with Crippen molar-refractivity contribution < 1.29 is 14.1 Å². The van der Waals surface area contributed by atoms with Gasteiger partial charge >= 0.3 is 0 Å². The Hall–Kier alpha value is -1.36. The molecular formula is C14H26IN5O3. The maximum absolute atomic E-state index is 11.6. The Labute approximate surface area is 154 Å². The molecule has 0 aliphatic rings. The van der Waals surface area contributed by atoms with Crippen LogP contribution in [0.3, 0.4) is 0 Å². The van der Waals surface area contributed by atoms with Crippen LogP contribution in [0.25, 0.3) is 0 Å². The van der Waals surface area contributed by atoms with E-state index < -0.39 is 0 Å². The molecule has 0 saturated carbocycles. The highest BCUT2D eigenvalue weighted by Crippen LogP contribution is 2.12.